The molecule has 110 valence electrons. The number of hydrogen-bond donors (Lipinski definition) is 2. The molecular weight excluding hydrogens is 290 g/mol. The summed E-state index contributed by atoms with van der Waals surface area (Å²) in [6.07, 6.45) is 0.659. The minimum absolute atomic E-state index is 0.128. The van der Waals surface area contributed by atoms with E-state index in [0.717, 1.165) is 17.0 Å². The van der Waals surface area contributed by atoms with Crippen molar-refractivity contribution < 1.29 is 9.90 Å². The molecule has 0 bridgehead atoms. The molecule has 0 amide bonds. The van der Waals surface area contributed by atoms with Gasteiger partial charge in [-0.2, -0.15) is 0 Å². The van der Waals surface area contributed by atoms with Crippen LogP contribution in [0.15, 0.2) is 30.3 Å². The highest BCUT2D eigenvalue weighted by Crippen LogP contribution is 2.21. The van der Waals surface area contributed by atoms with E-state index in [-0.39, 0.29) is 6.42 Å². The van der Waals surface area contributed by atoms with Gasteiger partial charge in [-0.15, -0.1) is 0 Å². The molecule has 2 aromatic rings. The Morgan fingerprint density at radius 3 is 2.67 bits per heavy atom. The number of aliphatic carboxylic acids is 1. The van der Waals surface area contributed by atoms with E-state index < -0.39 is 5.97 Å². The molecule has 0 fully saturated rings. The molecule has 0 aliphatic rings. The second kappa shape index (κ2) is 7.04. The fourth-order valence-electron chi connectivity index (χ4n) is 1.86. The van der Waals surface area contributed by atoms with Crippen molar-refractivity contribution in [3.05, 3.63) is 41.0 Å². The van der Waals surface area contributed by atoms with Crippen LogP contribution in [0.4, 0.5) is 5.95 Å². The molecule has 1 aromatic heterocycles. The van der Waals surface area contributed by atoms with Gasteiger partial charge < -0.3 is 10.4 Å². The first-order valence-corrected chi connectivity index (χ1v) is 6.99. The zero-order valence-corrected chi connectivity index (χ0v) is 12.4. The Kier molecular flexibility index (Phi) is 5.11. The standard InChI is InChI=1S/C15H16ClN3O2/c1-10-9-13(11-4-6-12(16)7-5-11)19-15(18-10)17-8-2-3-14(20)21/h4-7,9H,2-3,8H2,1H3,(H,20,21)(H,17,18,19). The molecule has 0 radical (unpaired) electrons. The van der Waals surface area contributed by atoms with Crippen LogP contribution in [0.1, 0.15) is 18.5 Å². The fraction of sp³-hybridized carbons (Fsp3) is 0.267. The number of nitrogens with zero attached hydrogens (tertiary/aromatic N) is 2. The van der Waals surface area contributed by atoms with Crippen molar-refractivity contribution >= 4 is 23.5 Å². The summed E-state index contributed by atoms with van der Waals surface area (Å²) < 4.78 is 0. The second-order valence-electron chi connectivity index (χ2n) is 4.65. The summed E-state index contributed by atoms with van der Waals surface area (Å²) >= 11 is 5.88. The largest absolute Gasteiger partial charge is 0.481 e. The highest BCUT2D eigenvalue weighted by molar-refractivity contribution is 6.30. The van der Waals surface area contributed by atoms with Crippen LogP contribution in [0.2, 0.25) is 5.02 Å². The number of benzene rings is 1. The van der Waals surface area contributed by atoms with Crippen molar-refractivity contribution in [3.63, 3.8) is 0 Å². The maximum absolute atomic E-state index is 10.5. The fourth-order valence-corrected chi connectivity index (χ4v) is 1.98. The normalized spacial score (nSPS) is 10.4. The second-order valence-corrected chi connectivity index (χ2v) is 5.09. The van der Waals surface area contributed by atoms with Crippen molar-refractivity contribution in [2.24, 2.45) is 0 Å². The van der Waals surface area contributed by atoms with E-state index in [4.69, 9.17) is 16.7 Å². The van der Waals surface area contributed by atoms with Crippen molar-refractivity contribution in [2.45, 2.75) is 19.8 Å². The zero-order chi connectivity index (χ0) is 15.2. The van der Waals surface area contributed by atoms with Gasteiger partial charge in [-0.25, -0.2) is 9.97 Å². The Labute approximate surface area is 128 Å². The lowest BCUT2D eigenvalue weighted by atomic mass is 10.1. The van der Waals surface area contributed by atoms with Crippen LogP contribution in [0, 0.1) is 6.92 Å². The van der Waals surface area contributed by atoms with Gasteiger partial charge in [0.05, 0.1) is 5.69 Å². The maximum Gasteiger partial charge on any atom is 0.303 e. The molecule has 0 unspecified atom stereocenters. The predicted molar refractivity (Wildman–Crippen MR) is 82.6 cm³/mol. The number of nitrogens with one attached hydrogen (secondary N) is 1. The summed E-state index contributed by atoms with van der Waals surface area (Å²) in [6.45, 7) is 2.42. The van der Waals surface area contributed by atoms with Crippen LogP contribution >= 0.6 is 11.6 Å². The number of rotatable bonds is 6. The van der Waals surface area contributed by atoms with Crippen molar-refractivity contribution in [3.8, 4) is 11.3 Å². The molecule has 21 heavy (non-hydrogen) atoms. The Bertz CT molecular complexity index is 629. The highest BCUT2D eigenvalue weighted by atomic mass is 35.5. The first-order valence-electron chi connectivity index (χ1n) is 6.62. The third kappa shape index (κ3) is 4.72. The number of halogens is 1. The predicted octanol–water partition coefficient (Wildman–Crippen LogP) is 3.38. The molecule has 0 spiro atoms. The molecule has 0 aliphatic carbocycles. The molecule has 5 nitrogen and oxygen atoms in total. The summed E-state index contributed by atoms with van der Waals surface area (Å²) in [5.74, 6) is -0.297. The van der Waals surface area contributed by atoms with E-state index >= 15 is 0 Å². The van der Waals surface area contributed by atoms with Crippen molar-refractivity contribution in [2.75, 3.05) is 11.9 Å². The molecule has 6 heteroatoms. The van der Waals surface area contributed by atoms with E-state index in [1.165, 1.54) is 0 Å². The average molecular weight is 306 g/mol. The van der Waals surface area contributed by atoms with Gasteiger partial charge in [0, 0.05) is 29.2 Å². The number of carboxylic acids is 1. The Hall–Kier alpha value is -2.14. The summed E-state index contributed by atoms with van der Waals surface area (Å²) in [6, 6.07) is 9.32. The molecule has 0 aliphatic heterocycles. The SMILES string of the molecule is Cc1cc(-c2ccc(Cl)cc2)nc(NCCCC(=O)O)n1. The van der Waals surface area contributed by atoms with Gasteiger partial charge in [0.1, 0.15) is 0 Å². The minimum Gasteiger partial charge on any atom is -0.481 e. The minimum atomic E-state index is -0.802. The van der Waals surface area contributed by atoms with E-state index in [1.54, 1.807) is 0 Å². The topological polar surface area (TPSA) is 75.1 Å². The van der Waals surface area contributed by atoms with Crippen molar-refractivity contribution in [1.82, 2.24) is 9.97 Å². The lowest BCUT2D eigenvalue weighted by molar-refractivity contribution is -0.137. The lowest BCUT2D eigenvalue weighted by Crippen LogP contribution is -2.08. The highest BCUT2D eigenvalue weighted by Gasteiger charge is 2.05. The van der Waals surface area contributed by atoms with E-state index in [9.17, 15) is 4.79 Å². The molecular formula is C15H16ClN3O2. The average Bonchev–Trinajstić information content (AvgIpc) is 2.43. The first kappa shape index (κ1) is 15.3. The maximum atomic E-state index is 10.5. The Morgan fingerprint density at radius 2 is 2.00 bits per heavy atom. The summed E-state index contributed by atoms with van der Waals surface area (Å²) in [5, 5.41) is 12.3. The Morgan fingerprint density at radius 1 is 1.29 bits per heavy atom. The van der Waals surface area contributed by atoms with Gasteiger partial charge in [0.2, 0.25) is 5.95 Å². The summed E-state index contributed by atoms with van der Waals surface area (Å²) in [4.78, 5) is 19.2. The van der Waals surface area contributed by atoms with Crippen LogP contribution in [-0.4, -0.2) is 27.6 Å². The molecule has 0 atom stereocenters. The van der Waals surface area contributed by atoms with Crippen LogP contribution in [0.3, 0.4) is 0 Å². The number of aryl methyl sites for hydroxylation is 1. The van der Waals surface area contributed by atoms with Gasteiger partial charge in [0.15, 0.2) is 0 Å². The van der Waals surface area contributed by atoms with Crippen molar-refractivity contribution in [1.29, 1.82) is 0 Å². The smallest absolute Gasteiger partial charge is 0.303 e. The van der Waals surface area contributed by atoms with E-state index in [0.29, 0.717) is 23.9 Å². The molecule has 0 saturated heterocycles. The zero-order valence-electron chi connectivity index (χ0n) is 11.6. The summed E-state index contributed by atoms with van der Waals surface area (Å²) in [5.41, 5.74) is 2.61. The number of carbonyl (C=O) groups is 1. The first-order chi connectivity index (χ1) is 10.0. The summed E-state index contributed by atoms with van der Waals surface area (Å²) in [7, 11) is 0. The van der Waals surface area contributed by atoms with Gasteiger partial charge in [-0.3, -0.25) is 4.79 Å². The van der Waals surface area contributed by atoms with Crippen LogP contribution < -0.4 is 5.32 Å². The number of carboxylic acid groups (broad SMARTS) is 1. The quantitative estimate of drug-likeness (QED) is 0.800. The number of anilines is 1. The molecule has 2 N–H and O–H groups in total. The van der Waals surface area contributed by atoms with E-state index in [2.05, 4.69) is 15.3 Å². The third-order valence-electron chi connectivity index (χ3n) is 2.84. The van der Waals surface area contributed by atoms with Crippen LogP contribution in [-0.2, 0) is 4.79 Å². The van der Waals surface area contributed by atoms with Crippen LogP contribution in [0.25, 0.3) is 11.3 Å². The molecule has 2 rings (SSSR count). The van der Waals surface area contributed by atoms with Gasteiger partial charge in [0.25, 0.3) is 0 Å². The van der Waals surface area contributed by atoms with Gasteiger partial charge >= 0.3 is 5.97 Å². The lowest BCUT2D eigenvalue weighted by Gasteiger charge is -2.08. The monoisotopic (exact) mass is 305 g/mol. The van der Waals surface area contributed by atoms with Crippen LogP contribution in [0.5, 0.6) is 0 Å². The molecule has 0 saturated carbocycles. The van der Waals surface area contributed by atoms with Gasteiger partial charge in [-0.05, 0) is 31.5 Å². The Balaban J connectivity index is 2.10. The molecule has 1 heterocycles. The number of aromatic nitrogens is 2. The van der Waals surface area contributed by atoms with E-state index in [1.807, 2.05) is 37.3 Å². The van der Waals surface area contributed by atoms with Gasteiger partial charge in [-0.1, -0.05) is 23.7 Å². The third-order valence-corrected chi connectivity index (χ3v) is 3.10. The molecule has 1 aromatic carbocycles. The number of hydrogen-bond acceptors (Lipinski definition) is 4.